The summed E-state index contributed by atoms with van der Waals surface area (Å²) in [5, 5.41) is 2.87. The Kier molecular flexibility index (Phi) is 4.75. The molecule has 22 heavy (non-hydrogen) atoms. The number of nitrogens with one attached hydrogen (secondary N) is 1. The molecule has 5 nitrogen and oxygen atoms in total. The Morgan fingerprint density at radius 2 is 1.59 bits per heavy atom. The van der Waals surface area contributed by atoms with Crippen LogP contribution in [0.5, 0.6) is 5.75 Å². The van der Waals surface area contributed by atoms with Crippen LogP contribution in [0.2, 0.25) is 0 Å². The van der Waals surface area contributed by atoms with Gasteiger partial charge in [0.25, 0.3) is 5.91 Å². The van der Waals surface area contributed by atoms with Gasteiger partial charge in [-0.25, -0.2) is 9.97 Å². The number of benzene rings is 1. The lowest BCUT2D eigenvalue weighted by Gasteiger charge is -2.12. The van der Waals surface area contributed by atoms with Gasteiger partial charge in [0.2, 0.25) is 0 Å². The van der Waals surface area contributed by atoms with Crippen molar-refractivity contribution in [3.05, 3.63) is 47.0 Å². The van der Waals surface area contributed by atoms with E-state index in [4.69, 9.17) is 4.74 Å². The maximum absolute atomic E-state index is 12.4. The van der Waals surface area contributed by atoms with Crippen LogP contribution in [0.25, 0.3) is 0 Å². The van der Waals surface area contributed by atoms with E-state index in [1.165, 1.54) is 0 Å². The zero-order chi connectivity index (χ0) is 16.3. The van der Waals surface area contributed by atoms with Crippen LogP contribution in [-0.2, 0) is 0 Å². The molecular weight excluding hydrogens is 278 g/mol. The van der Waals surface area contributed by atoms with E-state index >= 15 is 0 Å². The van der Waals surface area contributed by atoms with Gasteiger partial charge >= 0.3 is 0 Å². The monoisotopic (exact) mass is 299 g/mol. The molecule has 0 saturated carbocycles. The summed E-state index contributed by atoms with van der Waals surface area (Å²) in [5.41, 5.74) is 2.60. The van der Waals surface area contributed by atoms with Crippen molar-refractivity contribution in [2.45, 2.75) is 40.7 Å². The van der Waals surface area contributed by atoms with E-state index in [1.807, 2.05) is 58.9 Å². The minimum absolute atomic E-state index is 0.121. The molecule has 2 aromatic rings. The number of amides is 1. The van der Waals surface area contributed by atoms with Crippen molar-refractivity contribution in [1.29, 1.82) is 0 Å². The molecule has 1 aromatic carbocycles. The average Bonchev–Trinajstić information content (AvgIpc) is 2.39. The molecule has 0 fully saturated rings. The van der Waals surface area contributed by atoms with E-state index in [2.05, 4.69) is 15.3 Å². The fraction of sp³-hybridized carbons (Fsp3) is 0.353. The number of carbonyl (C=O) groups is 1. The Bertz CT molecular complexity index is 656. The number of aryl methyl sites for hydroxylation is 3. The van der Waals surface area contributed by atoms with Gasteiger partial charge in [-0.2, -0.15) is 0 Å². The molecule has 0 unspecified atom stereocenters. The lowest BCUT2D eigenvalue weighted by atomic mass is 10.1. The summed E-state index contributed by atoms with van der Waals surface area (Å²) in [5.74, 6) is 1.24. The zero-order valence-electron chi connectivity index (χ0n) is 13.6. The molecule has 116 valence electrons. The van der Waals surface area contributed by atoms with E-state index in [0.717, 1.165) is 5.75 Å². The second-order valence-corrected chi connectivity index (χ2v) is 5.46. The number of hydrogen-bond acceptors (Lipinski definition) is 4. The molecule has 5 heteroatoms. The number of aromatic nitrogens is 2. The molecule has 0 aliphatic carbocycles. The van der Waals surface area contributed by atoms with E-state index in [9.17, 15) is 4.79 Å². The second kappa shape index (κ2) is 6.56. The number of ether oxygens (including phenoxy) is 1. The standard InChI is InChI=1S/C17H21N3O2/c1-10(2)22-15-8-6-14(7-9-15)20-17(21)16-11(3)18-13(5)19-12(16)4/h6-10H,1-5H3,(H,20,21). The number of anilines is 1. The first-order chi connectivity index (χ1) is 10.4. The first-order valence-corrected chi connectivity index (χ1v) is 7.26. The quantitative estimate of drug-likeness (QED) is 0.939. The van der Waals surface area contributed by atoms with Gasteiger partial charge < -0.3 is 10.1 Å². The first-order valence-electron chi connectivity index (χ1n) is 7.26. The van der Waals surface area contributed by atoms with E-state index in [-0.39, 0.29) is 12.0 Å². The van der Waals surface area contributed by atoms with Crippen LogP contribution in [0.15, 0.2) is 24.3 Å². The van der Waals surface area contributed by atoms with Crippen molar-refractivity contribution in [2.24, 2.45) is 0 Å². The van der Waals surface area contributed by atoms with Crippen molar-refractivity contribution in [1.82, 2.24) is 9.97 Å². The highest BCUT2D eigenvalue weighted by Gasteiger charge is 2.15. The average molecular weight is 299 g/mol. The van der Waals surface area contributed by atoms with Gasteiger partial charge in [0.15, 0.2) is 0 Å². The summed E-state index contributed by atoms with van der Waals surface area (Å²) >= 11 is 0. The zero-order valence-corrected chi connectivity index (χ0v) is 13.6. The Hall–Kier alpha value is -2.43. The Morgan fingerprint density at radius 3 is 2.09 bits per heavy atom. The highest BCUT2D eigenvalue weighted by atomic mass is 16.5. The smallest absolute Gasteiger partial charge is 0.259 e. The summed E-state index contributed by atoms with van der Waals surface area (Å²) in [6.45, 7) is 9.39. The molecule has 1 heterocycles. The van der Waals surface area contributed by atoms with E-state index in [0.29, 0.717) is 28.5 Å². The molecule has 0 aliphatic heterocycles. The first kappa shape index (κ1) is 15.9. The molecule has 0 radical (unpaired) electrons. The molecule has 0 bridgehead atoms. The number of hydrogen-bond donors (Lipinski definition) is 1. The largest absolute Gasteiger partial charge is 0.491 e. The molecule has 1 N–H and O–H groups in total. The van der Waals surface area contributed by atoms with E-state index < -0.39 is 0 Å². The predicted octanol–water partition coefficient (Wildman–Crippen LogP) is 3.44. The number of carbonyl (C=O) groups excluding carboxylic acids is 1. The van der Waals surface area contributed by atoms with Crippen LogP contribution in [0.4, 0.5) is 5.69 Å². The van der Waals surface area contributed by atoms with Gasteiger partial charge in [-0.1, -0.05) is 0 Å². The van der Waals surface area contributed by atoms with Crippen molar-refractivity contribution < 1.29 is 9.53 Å². The molecule has 0 aliphatic rings. The van der Waals surface area contributed by atoms with Gasteiger partial charge in [-0.15, -0.1) is 0 Å². The molecule has 1 aromatic heterocycles. The third-order valence-corrected chi connectivity index (χ3v) is 3.09. The van der Waals surface area contributed by atoms with Crippen LogP contribution in [0.1, 0.15) is 41.4 Å². The summed E-state index contributed by atoms with van der Waals surface area (Å²) in [6.07, 6.45) is 0.121. The molecule has 1 amide bonds. The van der Waals surface area contributed by atoms with Crippen LogP contribution in [-0.4, -0.2) is 22.0 Å². The van der Waals surface area contributed by atoms with Gasteiger partial charge in [-0.05, 0) is 58.9 Å². The van der Waals surface area contributed by atoms with Crippen LogP contribution >= 0.6 is 0 Å². The second-order valence-electron chi connectivity index (χ2n) is 5.46. The maximum Gasteiger partial charge on any atom is 0.259 e. The molecule has 0 saturated heterocycles. The van der Waals surface area contributed by atoms with Crippen molar-refractivity contribution >= 4 is 11.6 Å². The van der Waals surface area contributed by atoms with Crippen LogP contribution in [0, 0.1) is 20.8 Å². The Labute approximate surface area is 130 Å². The normalized spacial score (nSPS) is 10.6. The third-order valence-electron chi connectivity index (χ3n) is 3.09. The Balaban J connectivity index is 2.15. The third kappa shape index (κ3) is 3.81. The predicted molar refractivity (Wildman–Crippen MR) is 86.4 cm³/mol. The topological polar surface area (TPSA) is 64.1 Å². The van der Waals surface area contributed by atoms with Crippen molar-refractivity contribution in [2.75, 3.05) is 5.32 Å². The minimum atomic E-state index is -0.201. The summed E-state index contributed by atoms with van der Waals surface area (Å²) in [4.78, 5) is 20.9. The number of nitrogens with zero attached hydrogens (tertiary/aromatic N) is 2. The van der Waals surface area contributed by atoms with Gasteiger partial charge in [0, 0.05) is 5.69 Å². The molecule has 0 atom stereocenters. The lowest BCUT2D eigenvalue weighted by molar-refractivity contribution is 0.102. The molecule has 2 rings (SSSR count). The van der Waals surface area contributed by atoms with Gasteiger partial charge in [-0.3, -0.25) is 4.79 Å². The summed E-state index contributed by atoms with van der Waals surface area (Å²) in [7, 11) is 0. The summed E-state index contributed by atoms with van der Waals surface area (Å²) < 4.78 is 5.58. The molecular formula is C17H21N3O2. The Morgan fingerprint density at radius 1 is 1.05 bits per heavy atom. The fourth-order valence-corrected chi connectivity index (χ4v) is 2.30. The number of rotatable bonds is 4. The van der Waals surface area contributed by atoms with Crippen LogP contribution < -0.4 is 10.1 Å². The summed E-state index contributed by atoms with van der Waals surface area (Å²) in [6, 6.07) is 7.30. The highest BCUT2D eigenvalue weighted by molar-refractivity contribution is 6.05. The van der Waals surface area contributed by atoms with E-state index in [1.54, 1.807) is 0 Å². The van der Waals surface area contributed by atoms with Crippen molar-refractivity contribution in [3.8, 4) is 5.75 Å². The fourth-order valence-electron chi connectivity index (χ4n) is 2.30. The van der Waals surface area contributed by atoms with Gasteiger partial charge in [0.05, 0.1) is 23.1 Å². The highest BCUT2D eigenvalue weighted by Crippen LogP contribution is 2.18. The van der Waals surface area contributed by atoms with Gasteiger partial charge in [0.1, 0.15) is 11.6 Å². The lowest BCUT2D eigenvalue weighted by Crippen LogP contribution is -2.17. The molecule has 0 spiro atoms. The van der Waals surface area contributed by atoms with Crippen LogP contribution in [0.3, 0.4) is 0 Å². The van der Waals surface area contributed by atoms with Crippen molar-refractivity contribution in [3.63, 3.8) is 0 Å². The maximum atomic E-state index is 12.4. The minimum Gasteiger partial charge on any atom is -0.491 e. The SMILES string of the molecule is Cc1nc(C)c(C(=O)Nc2ccc(OC(C)C)cc2)c(C)n1.